The molecule has 0 bridgehead atoms. The summed E-state index contributed by atoms with van der Waals surface area (Å²) in [6, 6.07) is -0.925. The first-order chi connectivity index (χ1) is 15.8. The maximum Gasteiger partial charge on any atom is 0.276 e. The van der Waals surface area contributed by atoms with Crippen LogP contribution in [0.1, 0.15) is 18.5 Å². The number of aliphatic carboxylic acids is 1. The van der Waals surface area contributed by atoms with E-state index in [1.165, 1.54) is 29.2 Å². The van der Waals surface area contributed by atoms with Gasteiger partial charge in [-0.2, -0.15) is 0 Å². The molecule has 0 aliphatic carbocycles. The number of nitrogens with zero attached hydrogens (tertiary/aromatic N) is 4. The van der Waals surface area contributed by atoms with Crippen LogP contribution in [0.25, 0.3) is 0 Å². The predicted octanol–water partition coefficient (Wildman–Crippen LogP) is -1.06. The predicted molar refractivity (Wildman–Crippen MR) is 118 cm³/mol. The van der Waals surface area contributed by atoms with Gasteiger partial charge in [0.15, 0.2) is 5.71 Å². The fourth-order valence-corrected chi connectivity index (χ4v) is 6.38. The topological polar surface area (TPSA) is 156 Å². The molecule has 178 valence electrons. The molecular weight excluding hydrogens is 472 g/mol. The van der Waals surface area contributed by atoms with Gasteiger partial charge in [0.25, 0.3) is 11.8 Å². The van der Waals surface area contributed by atoms with E-state index in [0.717, 1.165) is 41.8 Å². The van der Waals surface area contributed by atoms with E-state index in [-0.39, 0.29) is 22.2 Å². The molecular formula is C19H24N6O6S2. The van der Waals surface area contributed by atoms with Gasteiger partial charge < -0.3 is 24.5 Å². The second-order valence-corrected chi connectivity index (χ2v) is 10.3. The second-order valence-electron chi connectivity index (χ2n) is 8.30. The van der Waals surface area contributed by atoms with Crippen molar-refractivity contribution in [2.75, 3.05) is 45.0 Å². The number of likely N-dealkylation sites (N-methyl/N-ethyl adjacent to an activating group) is 1. The second kappa shape index (κ2) is 9.29. The number of carboxylic acid groups (broad SMARTS) is 1. The van der Waals surface area contributed by atoms with Gasteiger partial charge in [-0.3, -0.25) is 19.7 Å². The number of β-lactam (4-membered cyclic amide) rings is 1. The van der Waals surface area contributed by atoms with E-state index in [9.17, 15) is 19.5 Å². The number of carbonyl (C=O) groups is 3. The minimum absolute atomic E-state index is 0.0792. The fourth-order valence-electron chi connectivity index (χ4n) is 4.45. The number of oxime groups is 1. The molecule has 2 saturated heterocycles. The molecule has 0 radical (unpaired) electrons. The summed E-state index contributed by atoms with van der Waals surface area (Å²) in [6.07, 6.45) is 2.19. The van der Waals surface area contributed by atoms with Crippen LogP contribution in [-0.4, -0.2) is 94.0 Å². The molecule has 2 atom stereocenters. The first-order valence-corrected chi connectivity index (χ1v) is 12.2. The third kappa shape index (κ3) is 4.43. The summed E-state index contributed by atoms with van der Waals surface area (Å²) in [4.78, 5) is 47.7. The van der Waals surface area contributed by atoms with Crippen LogP contribution in [0.3, 0.4) is 0 Å². The van der Waals surface area contributed by atoms with Crippen molar-refractivity contribution in [3.05, 3.63) is 22.3 Å². The Kier molecular flexibility index (Phi) is 6.61. The number of nitrogens with one attached hydrogen (secondary N) is 2. The number of quaternary nitrogens is 1. The number of amides is 2. The Hall–Kier alpha value is -2.68. The van der Waals surface area contributed by atoms with Gasteiger partial charge >= 0.3 is 0 Å². The van der Waals surface area contributed by atoms with Crippen LogP contribution in [0.5, 0.6) is 0 Å². The molecule has 4 rings (SSSR count). The summed E-state index contributed by atoms with van der Waals surface area (Å²) in [5.74, 6) is -2.17. The Labute approximate surface area is 197 Å². The van der Waals surface area contributed by atoms with Gasteiger partial charge in [-0.1, -0.05) is 5.16 Å². The van der Waals surface area contributed by atoms with E-state index in [1.54, 1.807) is 0 Å². The lowest BCUT2D eigenvalue weighted by Crippen LogP contribution is -2.71. The van der Waals surface area contributed by atoms with E-state index >= 15 is 0 Å². The van der Waals surface area contributed by atoms with Crippen LogP contribution in [0.2, 0.25) is 0 Å². The fraction of sp³-hybridized carbons (Fsp3) is 0.526. The number of hydrogen-bond donors (Lipinski definition) is 3. The number of carbonyl (C=O) groups excluding carboxylic acids is 3. The first kappa shape index (κ1) is 23.5. The van der Waals surface area contributed by atoms with Gasteiger partial charge in [-0.05, 0) is 0 Å². The van der Waals surface area contributed by atoms with Crippen LogP contribution in [-0.2, 0) is 19.2 Å². The minimum atomic E-state index is -1.38. The maximum atomic E-state index is 12.9. The zero-order valence-electron chi connectivity index (χ0n) is 18.1. The highest BCUT2D eigenvalue weighted by atomic mass is 32.2. The van der Waals surface area contributed by atoms with E-state index in [2.05, 4.69) is 22.5 Å². The Morgan fingerprint density at radius 3 is 2.76 bits per heavy atom. The van der Waals surface area contributed by atoms with E-state index in [1.807, 2.05) is 5.48 Å². The molecule has 0 aromatic carbocycles. The molecule has 1 aromatic heterocycles. The zero-order valence-corrected chi connectivity index (χ0v) is 19.7. The summed E-state index contributed by atoms with van der Waals surface area (Å²) in [5.41, 5.74) is 2.47. The normalized spacial score (nSPS) is 24.3. The van der Waals surface area contributed by atoms with Crippen LogP contribution in [0.4, 0.5) is 5.13 Å². The molecule has 2 fully saturated rings. The highest BCUT2D eigenvalue weighted by Gasteiger charge is 2.53. The van der Waals surface area contributed by atoms with Crippen LogP contribution in [0.15, 0.2) is 21.8 Å². The monoisotopic (exact) mass is 496 g/mol. The molecule has 0 saturated carbocycles. The minimum Gasteiger partial charge on any atom is -0.543 e. The lowest BCUT2D eigenvalue weighted by molar-refractivity contribution is -0.893. The Balaban J connectivity index is 1.51. The van der Waals surface area contributed by atoms with E-state index in [0.29, 0.717) is 17.9 Å². The molecule has 33 heavy (non-hydrogen) atoms. The molecule has 3 N–H and O–H groups in total. The molecule has 0 spiro atoms. The van der Waals surface area contributed by atoms with Gasteiger partial charge in [-0.25, -0.2) is 10.5 Å². The largest absolute Gasteiger partial charge is 0.543 e. The third-order valence-corrected chi connectivity index (χ3v) is 8.07. The van der Waals surface area contributed by atoms with Crippen molar-refractivity contribution in [1.29, 1.82) is 0 Å². The quantitative estimate of drug-likeness (QED) is 0.177. The van der Waals surface area contributed by atoms with Crippen molar-refractivity contribution in [2.24, 2.45) is 5.16 Å². The SMILES string of the molecule is CO/N=C(\C(=O)N[C@@H]1C(=O)N2C(C(=O)[O-])=C(C[N+]3(C)CCCC3)CS[C@H]12)c1csc(NO)n1. The van der Waals surface area contributed by atoms with Gasteiger partial charge in [0, 0.05) is 29.5 Å². The Bertz CT molecular complexity index is 1030. The summed E-state index contributed by atoms with van der Waals surface area (Å²) in [7, 11) is 3.36. The summed E-state index contributed by atoms with van der Waals surface area (Å²) >= 11 is 2.46. The highest BCUT2D eigenvalue weighted by molar-refractivity contribution is 8.00. The molecule has 2 amide bonds. The van der Waals surface area contributed by atoms with Crippen LogP contribution in [0, 0.1) is 0 Å². The van der Waals surface area contributed by atoms with Crippen molar-refractivity contribution in [2.45, 2.75) is 24.3 Å². The molecule has 0 unspecified atom stereocenters. The molecule has 3 aliphatic rings. The number of thiazole rings is 1. The number of anilines is 1. The lowest BCUT2D eigenvalue weighted by atomic mass is 10.0. The van der Waals surface area contributed by atoms with Gasteiger partial charge in [0.05, 0.1) is 31.8 Å². The zero-order chi connectivity index (χ0) is 23.8. The smallest absolute Gasteiger partial charge is 0.276 e. The summed E-state index contributed by atoms with van der Waals surface area (Å²) < 4.78 is 0.745. The van der Waals surface area contributed by atoms with Crippen molar-refractivity contribution in [1.82, 2.24) is 15.2 Å². The number of rotatable bonds is 8. The number of carboxylic acids is 1. The molecule has 3 aliphatic heterocycles. The number of thioether (sulfide) groups is 1. The first-order valence-electron chi connectivity index (χ1n) is 10.3. The van der Waals surface area contributed by atoms with Crippen LogP contribution >= 0.6 is 23.1 Å². The standard InChI is InChI=1S/C19H24N6O6S2/c1-25(5-3-4-6-25)7-10-8-32-17-13(16(27)24(17)14(10)18(28)29)21-15(26)12(23-31-2)11-9-33-19(20-11)22-30/h9,13,17H,3-8H2,1-2H3,(H3-,20,21,22,23,26,28,29,30)/t13-,17-/m1/s1. The van der Waals surface area contributed by atoms with Crippen LogP contribution < -0.4 is 15.9 Å². The van der Waals surface area contributed by atoms with Crippen molar-refractivity contribution in [3.8, 4) is 0 Å². The van der Waals surface area contributed by atoms with E-state index < -0.39 is 29.2 Å². The Morgan fingerprint density at radius 1 is 1.42 bits per heavy atom. The molecule has 4 heterocycles. The third-order valence-electron chi connectivity index (χ3n) is 5.99. The maximum absolute atomic E-state index is 12.9. The average molecular weight is 497 g/mol. The summed E-state index contributed by atoms with van der Waals surface area (Å²) in [6.45, 7) is 2.49. The Morgan fingerprint density at radius 2 is 2.15 bits per heavy atom. The molecule has 1 aromatic rings. The van der Waals surface area contributed by atoms with Crippen molar-refractivity contribution < 1.29 is 34.0 Å². The van der Waals surface area contributed by atoms with Gasteiger partial charge in [0.1, 0.15) is 30.8 Å². The van der Waals surface area contributed by atoms with Crippen molar-refractivity contribution >= 4 is 51.7 Å². The lowest BCUT2D eigenvalue weighted by Gasteiger charge is -2.51. The van der Waals surface area contributed by atoms with E-state index in [4.69, 9.17) is 10.0 Å². The van der Waals surface area contributed by atoms with Gasteiger partial charge in [-0.15, -0.1) is 23.1 Å². The number of aromatic nitrogens is 1. The van der Waals surface area contributed by atoms with Crippen molar-refractivity contribution in [3.63, 3.8) is 0 Å². The average Bonchev–Trinajstić information content (AvgIpc) is 3.44. The molecule has 14 heteroatoms. The molecule has 12 nitrogen and oxygen atoms in total. The number of likely N-dealkylation sites (tertiary alicyclic amines) is 1. The number of hydrogen-bond acceptors (Lipinski definition) is 11. The van der Waals surface area contributed by atoms with Gasteiger partial charge in [0.2, 0.25) is 5.13 Å². The summed E-state index contributed by atoms with van der Waals surface area (Å²) in [5, 5.41) is 28.3. The highest BCUT2D eigenvalue weighted by Crippen LogP contribution is 2.41. The number of fused-ring (bicyclic) bond motifs is 1.